The second-order valence-electron chi connectivity index (χ2n) is 8.10. The summed E-state index contributed by atoms with van der Waals surface area (Å²) in [6, 6.07) is 17.3. The predicted molar refractivity (Wildman–Crippen MR) is 122 cm³/mol. The summed E-state index contributed by atoms with van der Waals surface area (Å²) in [5, 5.41) is 0. The van der Waals surface area contributed by atoms with Gasteiger partial charge in [0, 0.05) is 51.4 Å². The lowest BCUT2D eigenvalue weighted by Crippen LogP contribution is -2.17. The molecule has 0 aliphatic carbocycles. The maximum absolute atomic E-state index is 12.1. The van der Waals surface area contributed by atoms with Crippen molar-refractivity contribution < 1.29 is 4.79 Å². The van der Waals surface area contributed by atoms with Gasteiger partial charge in [0.15, 0.2) is 0 Å². The molecule has 0 aliphatic rings. The van der Waals surface area contributed by atoms with Crippen LogP contribution in [0.2, 0.25) is 0 Å². The van der Waals surface area contributed by atoms with Gasteiger partial charge in [0.1, 0.15) is 6.29 Å². The Morgan fingerprint density at radius 1 is 0.750 bits per heavy atom. The number of carbonyl (C=O) groups excluding carboxylic acids is 1. The highest BCUT2D eigenvalue weighted by molar-refractivity contribution is 5.60. The van der Waals surface area contributed by atoms with Gasteiger partial charge < -0.3 is 14.6 Å². The predicted octanol–water partition coefficient (Wildman–Crippen LogP) is 5.74. The number of unbranched alkanes of at least 4 members (excludes halogenated alkanes) is 3. The number of hydrogen-bond acceptors (Lipinski definition) is 3. The molecule has 2 aromatic carbocycles. The van der Waals surface area contributed by atoms with Gasteiger partial charge in [0.25, 0.3) is 0 Å². The Morgan fingerprint density at radius 2 is 1.21 bits per heavy atom. The summed E-state index contributed by atoms with van der Waals surface area (Å²) in [6.07, 6.45) is 6.89. The molecule has 0 N–H and O–H groups in total. The second kappa shape index (κ2) is 10.9. The van der Waals surface area contributed by atoms with Crippen LogP contribution in [-0.4, -0.2) is 34.5 Å². The summed E-state index contributed by atoms with van der Waals surface area (Å²) in [4.78, 5) is 16.3. The van der Waals surface area contributed by atoms with Crippen LogP contribution in [0.3, 0.4) is 0 Å². The Bertz CT molecular complexity index is 653. The summed E-state index contributed by atoms with van der Waals surface area (Å²) < 4.78 is 0. The molecular weight excluding hydrogens is 344 g/mol. The highest BCUT2D eigenvalue weighted by atomic mass is 16.1. The molecule has 1 atom stereocenters. The van der Waals surface area contributed by atoms with Crippen LogP contribution < -0.4 is 9.80 Å². The van der Waals surface area contributed by atoms with E-state index in [4.69, 9.17) is 0 Å². The molecule has 0 radical (unpaired) electrons. The third kappa shape index (κ3) is 5.85. The number of rotatable bonds is 11. The van der Waals surface area contributed by atoms with Gasteiger partial charge in [-0.1, -0.05) is 56.9 Å². The number of nitrogens with zero attached hydrogens (tertiary/aromatic N) is 2. The van der Waals surface area contributed by atoms with E-state index in [1.165, 1.54) is 48.1 Å². The van der Waals surface area contributed by atoms with Crippen molar-refractivity contribution in [3.05, 3.63) is 59.7 Å². The van der Waals surface area contributed by atoms with Gasteiger partial charge in [0.05, 0.1) is 0 Å². The lowest BCUT2D eigenvalue weighted by molar-refractivity contribution is -0.111. The van der Waals surface area contributed by atoms with Crippen molar-refractivity contribution in [2.24, 2.45) is 5.92 Å². The van der Waals surface area contributed by atoms with Gasteiger partial charge >= 0.3 is 0 Å². The Labute approximate surface area is 171 Å². The molecule has 28 heavy (non-hydrogen) atoms. The largest absolute Gasteiger partial charge is 0.378 e. The zero-order valence-corrected chi connectivity index (χ0v) is 18.2. The summed E-state index contributed by atoms with van der Waals surface area (Å²) in [5.74, 6) is 0.110. The Hall–Kier alpha value is -2.29. The average molecular weight is 381 g/mol. The molecule has 0 bridgehead atoms. The van der Waals surface area contributed by atoms with Gasteiger partial charge in [-0.15, -0.1) is 0 Å². The molecular formula is C25H36N2O. The number of aldehydes is 1. The molecule has 2 aromatic rings. The third-order valence-corrected chi connectivity index (χ3v) is 5.53. The van der Waals surface area contributed by atoms with Crippen LogP contribution in [0.15, 0.2) is 48.5 Å². The fourth-order valence-electron chi connectivity index (χ4n) is 3.77. The van der Waals surface area contributed by atoms with Crippen LogP contribution in [0.1, 0.15) is 56.1 Å². The molecule has 0 unspecified atom stereocenters. The van der Waals surface area contributed by atoms with Crippen molar-refractivity contribution >= 4 is 17.7 Å². The molecule has 0 aromatic heterocycles. The first kappa shape index (κ1) is 22.0. The molecule has 0 saturated heterocycles. The van der Waals surface area contributed by atoms with E-state index in [9.17, 15) is 4.79 Å². The maximum Gasteiger partial charge on any atom is 0.124 e. The van der Waals surface area contributed by atoms with Crippen LogP contribution in [-0.2, 0) is 4.79 Å². The fourth-order valence-corrected chi connectivity index (χ4v) is 3.77. The first-order chi connectivity index (χ1) is 13.5. The minimum Gasteiger partial charge on any atom is -0.378 e. The van der Waals surface area contributed by atoms with Crippen molar-refractivity contribution in [2.75, 3.05) is 38.0 Å². The average Bonchev–Trinajstić information content (AvgIpc) is 2.70. The molecule has 0 fully saturated rings. The SMILES string of the molecule is CCCCCC[C@H](C=O)C(c1ccc(N(C)C)cc1)c1ccc(N(C)C)cc1. The van der Waals surface area contributed by atoms with Crippen molar-refractivity contribution in [3.63, 3.8) is 0 Å². The normalized spacial score (nSPS) is 12.1. The van der Waals surface area contributed by atoms with Crippen LogP contribution >= 0.6 is 0 Å². The van der Waals surface area contributed by atoms with Crippen molar-refractivity contribution in [1.82, 2.24) is 0 Å². The molecule has 0 amide bonds. The van der Waals surface area contributed by atoms with Crippen molar-refractivity contribution in [2.45, 2.75) is 44.9 Å². The van der Waals surface area contributed by atoms with Crippen LogP contribution in [0, 0.1) is 5.92 Å². The van der Waals surface area contributed by atoms with Gasteiger partial charge in [-0.3, -0.25) is 0 Å². The lowest BCUT2D eigenvalue weighted by atomic mass is 9.79. The summed E-state index contributed by atoms with van der Waals surface area (Å²) >= 11 is 0. The Morgan fingerprint density at radius 3 is 1.57 bits per heavy atom. The number of anilines is 2. The van der Waals surface area contributed by atoms with Crippen LogP contribution in [0.25, 0.3) is 0 Å². The van der Waals surface area contributed by atoms with E-state index in [-0.39, 0.29) is 11.8 Å². The Kier molecular flexibility index (Phi) is 8.56. The number of hydrogen-bond donors (Lipinski definition) is 0. The zero-order valence-electron chi connectivity index (χ0n) is 18.2. The van der Waals surface area contributed by atoms with Gasteiger partial charge in [0.2, 0.25) is 0 Å². The molecule has 152 valence electrons. The highest BCUT2D eigenvalue weighted by Gasteiger charge is 2.24. The lowest BCUT2D eigenvalue weighted by Gasteiger charge is -2.26. The van der Waals surface area contributed by atoms with Gasteiger partial charge in [-0.2, -0.15) is 0 Å². The Balaban J connectivity index is 2.34. The minimum absolute atomic E-state index is 0.00673. The van der Waals surface area contributed by atoms with Gasteiger partial charge in [-0.25, -0.2) is 0 Å². The smallest absolute Gasteiger partial charge is 0.124 e. The van der Waals surface area contributed by atoms with E-state index in [2.05, 4.69) is 93.4 Å². The summed E-state index contributed by atoms with van der Waals surface area (Å²) in [7, 11) is 8.20. The molecule has 3 heteroatoms. The molecule has 2 rings (SSSR count). The quantitative estimate of drug-likeness (QED) is 0.367. The van der Waals surface area contributed by atoms with E-state index in [0.717, 1.165) is 12.8 Å². The van der Waals surface area contributed by atoms with Crippen molar-refractivity contribution in [1.29, 1.82) is 0 Å². The first-order valence-corrected chi connectivity index (χ1v) is 10.5. The molecule has 0 saturated carbocycles. The number of carbonyl (C=O) groups is 1. The standard InChI is InChI=1S/C25H36N2O/c1-6-7-8-9-10-22(19-28)25(20-11-15-23(16-12-20)26(2)3)21-13-17-24(18-14-21)27(4)5/h11-19,22,25H,6-10H2,1-5H3/t22-/m1/s1. The van der Waals surface area contributed by atoms with Crippen molar-refractivity contribution in [3.8, 4) is 0 Å². The van der Waals surface area contributed by atoms with Crippen LogP contribution in [0.4, 0.5) is 11.4 Å². The van der Waals surface area contributed by atoms with E-state index < -0.39 is 0 Å². The fraction of sp³-hybridized carbons (Fsp3) is 0.480. The van der Waals surface area contributed by atoms with E-state index in [1.807, 2.05) is 0 Å². The molecule has 0 heterocycles. The van der Waals surface area contributed by atoms with E-state index in [1.54, 1.807) is 0 Å². The molecule has 0 aliphatic heterocycles. The molecule has 0 spiro atoms. The van der Waals surface area contributed by atoms with E-state index >= 15 is 0 Å². The topological polar surface area (TPSA) is 23.6 Å². The zero-order chi connectivity index (χ0) is 20.5. The van der Waals surface area contributed by atoms with Gasteiger partial charge in [-0.05, 0) is 41.8 Å². The summed E-state index contributed by atoms with van der Waals surface area (Å²) in [6.45, 7) is 2.22. The van der Waals surface area contributed by atoms with E-state index in [0.29, 0.717) is 0 Å². The van der Waals surface area contributed by atoms with Crippen LogP contribution in [0.5, 0.6) is 0 Å². The third-order valence-electron chi connectivity index (χ3n) is 5.53. The molecule has 3 nitrogen and oxygen atoms in total. The first-order valence-electron chi connectivity index (χ1n) is 10.5. The number of benzene rings is 2. The minimum atomic E-state index is 0.00673. The second-order valence-corrected chi connectivity index (χ2v) is 8.10. The maximum atomic E-state index is 12.1. The monoisotopic (exact) mass is 380 g/mol. The summed E-state index contributed by atoms with van der Waals surface area (Å²) in [5.41, 5.74) is 4.79. The highest BCUT2D eigenvalue weighted by Crippen LogP contribution is 2.35.